The Bertz CT molecular complexity index is 1590. The number of allylic oxidation sites excluding steroid dienone is 1. The maximum Gasteiger partial charge on any atom is 0.175 e. The normalized spacial score (nSPS) is 11.0. The van der Waals surface area contributed by atoms with Gasteiger partial charge in [0.2, 0.25) is 0 Å². The van der Waals surface area contributed by atoms with Crippen LogP contribution in [0.3, 0.4) is 0 Å². The number of anilines is 1. The van der Waals surface area contributed by atoms with E-state index in [0.29, 0.717) is 37.3 Å². The molecule has 37 heavy (non-hydrogen) atoms. The Labute approximate surface area is 232 Å². The molecule has 0 atom stereocenters. The Kier molecular flexibility index (Phi) is 8.05. The summed E-state index contributed by atoms with van der Waals surface area (Å²) in [5.74, 6) is 1.03. The number of benzene rings is 3. The zero-order chi connectivity index (χ0) is 26.5. The van der Waals surface area contributed by atoms with Crippen molar-refractivity contribution in [2.75, 3.05) is 12.8 Å². The second kappa shape index (κ2) is 11.4. The Morgan fingerprint density at radius 1 is 1.14 bits per heavy atom. The van der Waals surface area contributed by atoms with E-state index in [-0.39, 0.29) is 29.3 Å². The molecule has 2 N–H and O–H groups in total. The summed E-state index contributed by atoms with van der Waals surface area (Å²) in [6.07, 6.45) is 1.60. The maximum atomic E-state index is 9.93. The summed E-state index contributed by atoms with van der Waals surface area (Å²) in [6.45, 7) is 0.186. The van der Waals surface area contributed by atoms with Gasteiger partial charge in [0, 0.05) is 15.6 Å². The lowest BCUT2D eigenvalue weighted by Crippen LogP contribution is -2.02. The first-order valence-corrected chi connectivity index (χ1v) is 12.3. The monoisotopic (exact) mass is 593 g/mol. The predicted molar refractivity (Wildman–Crippen MR) is 148 cm³/mol. The molecule has 0 spiro atoms. The molecule has 0 aliphatic heterocycles. The molecular formula is C27H18BrCl2N5O2. The minimum Gasteiger partial charge on any atom is -0.493 e. The Hall–Kier alpha value is -3.95. The van der Waals surface area contributed by atoms with Crippen LogP contribution in [0.4, 0.5) is 5.82 Å². The highest BCUT2D eigenvalue weighted by molar-refractivity contribution is 9.10. The second-order valence-electron chi connectivity index (χ2n) is 7.70. The number of rotatable bonds is 7. The third kappa shape index (κ3) is 5.58. The SMILES string of the molecule is COc1cc(/C=C(\C#N)c2nn(-c3ccccc3)c(N)c2C#N)cc(Br)c1OCc1ccc(Cl)cc1Cl. The van der Waals surface area contributed by atoms with Crippen molar-refractivity contribution in [3.63, 3.8) is 0 Å². The molecule has 0 aliphatic carbocycles. The van der Waals surface area contributed by atoms with Crippen LogP contribution in [0.15, 0.2) is 65.1 Å². The summed E-state index contributed by atoms with van der Waals surface area (Å²) in [6, 6.07) is 22.0. The number of nitriles is 2. The van der Waals surface area contributed by atoms with Crippen molar-refractivity contribution in [1.82, 2.24) is 9.78 Å². The molecule has 184 valence electrons. The van der Waals surface area contributed by atoms with Crippen molar-refractivity contribution >= 4 is 56.6 Å². The molecule has 3 aromatic carbocycles. The fourth-order valence-corrected chi connectivity index (χ4v) is 4.61. The summed E-state index contributed by atoms with van der Waals surface area (Å²) >= 11 is 15.7. The Morgan fingerprint density at radius 3 is 2.54 bits per heavy atom. The largest absolute Gasteiger partial charge is 0.493 e. The molecule has 0 aliphatic rings. The molecule has 1 aromatic heterocycles. The first-order valence-electron chi connectivity index (χ1n) is 10.8. The van der Waals surface area contributed by atoms with Crippen LogP contribution in [0.2, 0.25) is 10.0 Å². The van der Waals surface area contributed by atoms with Crippen molar-refractivity contribution in [3.8, 4) is 29.3 Å². The molecule has 0 saturated carbocycles. The zero-order valence-electron chi connectivity index (χ0n) is 19.4. The lowest BCUT2D eigenvalue weighted by molar-refractivity contribution is 0.282. The van der Waals surface area contributed by atoms with Gasteiger partial charge in [0.05, 0.1) is 22.8 Å². The van der Waals surface area contributed by atoms with Gasteiger partial charge in [-0.3, -0.25) is 0 Å². The van der Waals surface area contributed by atoms with Crippen LogP contribution < -0.4 is 15.2 Å². The van der Waals surface area contributed by atoms with Crippen LogP contribution in [0.25, 0.3) is 17.3 Å². The van der Waals surface area contributed by atoms with Gasteiger partial charge in [-0.1, -0.05) is 47.5 Å². The number of nitrogen functional groups attached to an aromatic ring is 1. The minimum atomic E-state index is 0.113. The van der Waals surface area contributed by atoms with Crippen molar-refractivity contribution < 1.29 is 9.47 Å². The van der Waals surface area contributed by atoms with Crippen molar-refractivity contribution in [1.29, 1.82) is 10.5 Å². The van der Waals surface area contributed by atoms with Crippen LogP contribution in [0.1, 0.15) is 22.4 Å². The van der Waals surface area contributed by atoms with Crippen LogP contribution in [0.5, 0.6) is 11.5 Å². The molecule has 0 amide bonds. The number of nitrogens with zero attached hydrogens (tertiary/aromatic N) is 4. The topological polar surface area (TPSA) is 110 Å². The number of hydrogen-bond donors (Lipinski definition) is 1. The van der Waals surface area contributed by atoms with E-state index >= 15 is 0 Å². The van der Waals surface area contributed by atoms with Gasteiger partial charge in [-0.15, -0.1) is 0 Å². The average Bonchev–Trinajstić information content (AvgIpc) is 3.23. The third-order valence-corrected chi connectivity index (χ3v) is 6.54. The molecule has 0 fully saturated rings. The zero-order valence-corrected chi connectivity index (χ0v) is 22.5. The molecular weight excluding hydrogens is 577 g/mol. The average molecular weight is 595 g/mol. The third-order valence-electron chi connectivity index (χ3n) is 5.36. The van der Waals surface area contributed by atoms with Crippen molar-refractivity contribution in [3.05, 3.63) is 97.6 Å². The smallest absolute Gasteiger partial charge is 0.175 e. The van der Waals surface area contributed by atoms with Gasteiger partial charge in [-0.2, -0.15) is 15.6 Å². The predicted octanol–water partition coefficient (Wildman–Crippen LogP) is 7.05. The molecule has 4 aromatic rings. The van der Waals surface area contributed by atoms with E-state index in [1.165, 1.54) is 11.8 Å². The van der Waals surface area contributed by atoms with Gasteiger partial charge >= 0.3 is 0 Å². The van der Waals surface area contributed by atoms with Gasteiger partial charge in [-0.05, 0) is 64.0 Å². The molecule has 0 bridgehead atoms. The van der Waals surface area contributed by atoms with Crippen LogP contribution in [0, 0.1) is 22.7 Å². The molecule has 4 rings (SSSR count). The van der Waals surface area contributed by atoms with E-state index in [9.17, 15) is 10.5 Å². The number of halogens is 3. The van der Waals surface area contributed by atoms with Crippen molar-refractivity contribution in [2.24, 2.45) is 0 Å². The summed E-state index contributed by atoms with van der Waals surface area (Å²) < 4.78 is 13.6. The van der Waals surface area contributed by atoms with E-state index in [1.807, 2.05) is 30.3 Å². The number of ether oxygens (including phenoxy) is 2. The first-order chi connectivity index (χ1) is 17.9. The van der Waals surface area contributed by atoms with Gasteiger partial charge in [-0.25, -0.2) is 4.68 Å². The van der Waals surface area contributed by atoms with Gasteiger partial charge in [0.1, 0.15) is 35.8 Å². The van der Waals surface area contributed by atoms with Crippen LogP contribution >= 0.6 is 39.1 Å². The molecule has 0 saturated heterocycles. The Balaban J connectivity index is 1.70. The van der Waals surface area contributed by atoms with E-state index in [1.54, 1.807) is 36.4 Å². The molecule has 7 nitrogen and oxygen atoms in total. The van der Waals surface area contributed by atoms with Crippen LogP contribution in [-0.4, -0.2) is 16.9 Å². The number of methoxy groups -OCH3 is 1. The summed E-state index contributed by atoms with van der Waals surface area (Å²) in [4.78, 5) is 0. The molecule has 0 unspecified atom stereocenters. The molecule has 10 heteroatoms. The minimum absolute atomic E-state index is 0.113. The summed E-state index contributed by atoms with van der Waals surface area (Å²) in [5, 5.41) is 25.2. The fourth-order valence-electron chi connectivity index (χ4n) is 3.57. The molecule has 0 radical (unpaired) electrons. The van der Waals surface area contributed by atoms with E-state index in [2.05, 4.69) is 33.2 Å². The first kappa shape index (κ1) is 26.1. The van der Waals surface area contributed by atoms with Gasteiger partial charge < -0.3 is 15.2 Å². The summed E-state index contributed by atoms with van der Waals surface area (Å²) in [5.41, 5.74) is 8.70. The standard InChI is InChI=1S/C27H18BrCl2N5O2/c1-36-24-11-16(10-22(28)26(24)37-15-17-7-8-19(29)12-23(17)30)9-18(13-31)25-21(14-32)27(33)35(34-25)20-5-3-2-4-6-20/h2-12H,15,33H2,1H3/b18-9+. The van der Waals surface area contributed by atoms with Crippen molar-refractivity contribution in [2.45, 2.75) is 6.61 Å². The maximum absolute atomic E-state index is 9.93. The van der Waals surface area contributed by atoms with E-state index in [0.717, 1.165) is 5.56 Å². The molecule has 1 heterocycles. The second-order valence-corrected chi connectivity index (χ2v) is 9.39. The van der Waals surface area contributed by atoms with Gasteiger partial charge in [0.25, 0.3) is 0 Å². The van der Waals surface area contributed by atoms with Gasteiger partial charge in [0.15, 0.2) is 11.5 Å². The highest BCUT2D eigenvalue weighted by Crippen LogP contribution is 2.39. The highest BCUT2D eigenvalue weighted by Gasteiger charge is 2.20. The fraction of sp³-hybridized carbons (Fsp3) is 0.0741. The quantitative estimate of drug-likeness (QED) is 0.230. The number of hydrogen-bond acceptors (Lipinski definition) is 6. The van der Waals surface area contributed by atoms with E-state index < -0.39 is 0 Å². The van der Waals surface area contributed by atoms with E-state index in [4.69, 9.17) is 38.4 Å². The highest BCUT2D eigenvalue weighted by atomic mass is 79.9. The number of para-hydroxylation sites is 1. The number of aromatic nitrogens is 2. The number of nitrogens with two attached hydrogens (primary N) is 1. The lowest BCUT2D eigenvalue weighted by Gasteiger charge is -2.14. The Morgan fingerprint density at radius 2 is 1.89 bits per heavy atom. The lowest BCUT2D eigenvalue weighted by atomic mass is 10.1. The summed E-state index contributed by atoms with van der Waals surface area (Å²) in [7, 11) is 1.51. The van der Waals surface area contributed by atoms with Crippen LogP contribution in [-0.2, 0) is 6.61 Å².